The number of carboxylic acids is 1. The third-order valence-electron chi connectivity index (χ3n) is 4.38. The lowest BCUT2D eigenvalue weighted by Gasteiger charge is -2.29. The highest BCUT2D eigenvalue weighted by atomic mass is 32.2. The van der Waals surface area contributed by atoms with Crippen LogP contribution in [-0.4, -0.2) is 28.8 Å². The molecule has 2 aromatic carbocycles. The van der Waals surface area contributed by atoms with Gasteiger partial charge in [-0.05, 0) is 24.1 Å². The van der Waals surface area contributed by atoms with Gasteiger partial charge in [0.15, 0.2) is 0 Å². The average molecular weight is 372 g/mol. The molecule has 2 rings (SSSR count). The molecule has 0 aliphatic rings. The van der Waals surface area contributed by atoms with E-state index in [-0.39, 0.29) is 12.5 Å². The summed E-state index contributed by atoms with van der Waals surface area (Å²) in [5.74, 6) is -1.18. The van der Waals surface area contributed by atoms with Gasteiger partial charge in [-0.1, -0.05) is 63.2 Å². The highest BCUT2D eigenvalue weighted by Crippen LogP contribution is 2.29. The number of carbonyl (C=O) groups excluding carboxylic acids is 1. The van der Waals surface area contributed by atoms with Gasteiger partial charge in [0.25, 0.3) is 5.91 Å². The maximum atomic E-state index is 12.7. The Bertz CT molecular complexity index is 761. The zero-order chi connectivity index (χ0) is 19.2. The predicted molar refractivity (Wildman–Crippen MR) is 106 cm³/mol. The number of benzene rings is 2. The molecule has 1 atom stereocenters. The number of amides is 1. The van der Waals surface area contributed by atoms with Crippen LogP contribution in [0.25, 0.3) is 0 Å². The Labute approximate surface area is 159 Å². The van der Waals surface area contributed by atoms with Crippen molar-refractivity contribution in [1.29, 1.82) is 0 Å². The Morgan fingerprint density at radius 3 is 2.27 bits per heavy atom. The fourth-order valence-electron chi connectivity index (χ4n) is 2.88. The zero-order valence-electron chi connectivity index (χ0n) is 15.4. The summed E-state index contributed by atoms with van der Waals surface area (Å²) in [5.41, 5.74) is 0.131. The summed E-state index contributed by atoms with van der Waals surface area (Å²) in [7, 11) is 0. The molecule has 0 spiro atoms. The number of hydrogen-bond acceptors (Lipinski definition) is 3. The van der Waals surface area contributed by atoms with Gasteiger partial charge in [-0.2, -0.15) is 0 Å². The van der Waals surface area contributed by atoms with Crippen LogP contribution < -0.4 is 5.32 Å². The first kappa shape index (κ1) is 20.0. The number of aliphatic carboxylic acids is 1. The molecule has 0 heterocycles. The number of nitrogens with one attached hydrogen (secondary N) is 1. The molecule has 0 saturated carbocycles. The summed E-state index contributed by atoms with van der Waals surface area (Å²) >= 11 is 1.62. The number of carbonyl (C=O) groups is 2. The Hall–Kier alpha value is -2.27. The topological polar surface area (TPSA) is 66.4 Å². The van der Waals surface area contributed by atoms with E-state index >= 15 is 0 Å². The zero-order valence-corrected chi connectivity index (χ0v) is 16.2. The van der Waals surface area contributed by atoms with E-state index in [4.69, 9.17) is 0 Å². The molecule has 2 N–H and O–H groups in total. The van der Waals surface area contributed by atoms with Gasteiger partial charge in [0.2, 0.25) is 0 Å². The third kappa shape index (κ3) is 4.47. The van der Waals surface area contributed by atoms with Gasteiger partial charge in [-0.25, -0.2) is 0 Å². The van der Waals surface area contributed by atoms with E-state index in [1.54, 1.807) is 30.0 Å². The first-order valence-corrected chi connectivity index (χ1v) is 9.61. The second-order valence-corrected chi connectivity index (χ2v) is 8.07. The minimum atomic E-state index is -1.14. The molecular formula is C21H25NO3S. The second kappa shape index (κ2) is 8.90. The van der Waals surface area contributed by atoms with Gasteiger partial charge in [0.1, 0.15) is 5.41 Å². The molecule has 0 radical (unpaired) electrons. The van der Waals surface area contributed by atoms with Gasteiger partial charge in [-0.15, -0.1) is 11.8 Å². The van der Waals surface area contributed by atoms with Crippen LogP contribution in [0.3, 0.4) is 0 Å². The summed E-state index contributed by atoms with van der Waals surface area (Å²) in [4.78, 5) is 25.7. The van der Waals surface area contributed by atoms with Crippen LogP contribution in [0.5, 0.6) is 0 Å². The number of thioether (sulfide) groups is 1. The Kier molecular flexibility index (Phi) is 6.86. The van der Waals surface area contributed by atoms with Crippen molar-refractivity contribution < 1.29 is 14.7 Å². The van der Waals surface area contributed by atoms with Gasteiger partial charge in [-0.3, -0.25) is 9.59 Å². The molecule has 0 aliphatic carbocycles. The summed E-state index contributed by atoms with van der Waals surface area (Å²) in [6.07, 6.45) is 0.384. The van der Waals surface area contributed by atoms with Crippen LogP contribution in [0.1, 0.15) is 43.1 Å². The quantitative estimate of drug-likeness (QED) is 0.677. The predicted octanol–water partition coefficient (Wildman–Crippen LogP) is 4.35. The van der Waals surface area contributed by atoms with E-state index in [0.29, 0.717) is 22.8 Å². The highest BCUT2D eigenvalue weighted by Gasteiger charge is 2.39. The van der Waals surface area contributed by atoms with Crippen LogP contribution in [0.4, 0.5) is 0 Å². The van der Waals surface area contributed by atoms with Crippen molar-refractivity contribution in [3.8, 4) is 0 Å². The summed E-state index contributed by atoms with van der Waals surface area (Å²) < 4.78 is 0. The van der Waals surface area contributed by atoms with E-state index in [1.165, 1.54) is 0 Å². The lowest BCUT2D eigenvalue weighted by molar-refractivity contribution is -0.143. The molecule has 0 fully saturated rings. The molecule has 4 nitrogen and oxygen atoms in total. The highest BCUT2D eigenvalue weighted by molar-refractivity contribution is 8.00. The standard InChI is InChI=1S/C21H25NO3S/c1-4-21(20(24)25,16-10-6-5-7-11-16)14-22-19(23)17-12-8-9-13-18(17)26-15(2)3/h5-13,15H,4,14H2,1-3H3,(H,22,23)(H,24,25). The monoisotopic (exact) mass is 371 g/mol. The van der Waals surface area contributed by atoms with Gasteiger partial charge in [0, 0.05) is 16.7 Å². The maximum absolute atomic E-state index is 12.7. The first-order valence-electron chi connectivity index (χ1n) is 8.73. The Morgan fingerprint density at radius 2 is 1.69 bits per heavy atom. The molecule has 1 unspecified atom stereocenters. The molecule has 26 heavy (non-hydrogen) atoms. The van der Waals surface area contributed by atoms with E-state index in [0.717, 1.165) is 4.90 Å². The SMILES string of the molecule is CCC(CNC(=O)c1ccccc1SC(C)C)(C(=O)O)c1ccccc1. The lowest BCUT2D eigenvalue weighted by Crippen LogP contribution is -2.46. The van der Waals surface area contributed by atoms with Crippen LogP contribution >= 0.6 is 11.8 Å². The van der Waals surface area contributed by atoms with Crippen LogP contribution in [0.15, 0.2) is 59.5 Å². The minimum Gasteiger partial charge on any atom is -0.481 e. The maximum Gasteiger partial charge on any atom is 0.315 e. The summed E-state index contributed by atoms with van der Waals surface area (Å²) in [6.45, 7) is 6.01. The van der Waals surface area contributed by atoms with Crippen LogP contribution in [0.2, 0.25) is 0 Å². The molecule has 2 aromatic rings. The van der Waals surface area contributed by atoms with E-state index in [1.807, 2.05) is 43.3 Å². The molecule has 5 heteroatoms. The number of hydrogen-bond donors (Lipinski definition) is 2. The summed E-state index contributed by atoms with van der Waals surface area (Å²) in [5, 5.41) is 13.1. The largest absolute Gasteiger partial charge is 0.481 e. The molecule has 138 valence electrons. The van der Waals surface area contributed by atoms with Crippen LogP contribution in [0, 0.1) is 0 Å². The van der Waals surface area contributed by atoms with Crippen molar-refractivity contribution in [2.75, 3.05) is 6.54 Å². The fourth-order valence-corrected chi connectivity index (χ4v) is 3.83. The average Bonchev–Trinajstić information content (AvgIpc) is 2.63. The number of rotatable bonds is 8. The van der Waals surface area contributed by atoms with Gasteiger partial charge < -0.3 is 10.4 Å². The van der Waals surface area contributed by atoms with Crippen molar-refractivity contribution in [2.24, 2.45) is 0 Å². The molecule has 0 bridgehead atoms. The first-order chi connectivity index (χ1) is 12.4. The Balaban J connectivity index is 2.25. The van der Waals surface area contributed by atoms with E-state index in [9.17, 15) is 14.7 Å². The number of carboxylic acid groups (broad SMARTS) is 1. The van der Waals surface area contributed by atoms with E-state index < -0.39 is 11.4 Å². The fraction of sp³-hybridized carbons (Fsp3) is 0.333. The minimum absolute atomic E-state index is 0.0440. The lowest BCUT2D eigenvalue weighted by atomic mass is 9.78. The van der Waals surface area contributed by atoms with Gasteiger partial charge in [0.05, 0.1) is 5.56 Å². The van der Waals surface area contributed by atoms with Crippen molar-refractivity contribution in [3.63, 3.8) is 0 Å². The second-order valence-electron chi connectivity index (χ2n) is 6.45. The van der Waals surface area contributed by atoms with Crippen molar-refractivity contribution in [1.82, 2.24) is 5.32 Å². The molecule has 0 saturated heterocycles. The van der Waals surface area contributed by atoms with E-state index in [2.05, 4.69) is 19.2 Å². The summed E-state index contributed by atoms with van der Waals surface area (Å²) in [6, 6.07) is 16.5. The normalized spacial score (nSPS) is 13.2. The van der Waals surface area contributed by atoms with Gasteiger partial charge >= 0.3 is 5.97 Å². The molecular weight excluding hydrogens is 346 g/mol. The molecule has 1 amide bonds. The van der Waals surface area contributed by atoms with Crippen molar-refractivity contribution in [2.45, 2.75) is 42.8 Å². The van der Waals surface area contributed by atoms with Crippen LogP contribution in [-0.2, 0) is 10.2 Å². The smallest absolute Gasteiger partial charge is 0.315 e. The molecule has 0 aromatic heterocycles. The van der Waals surface area contributed by atoms with Crippen molar-refractivity contribution in [3.05, 3.63) is 65.7 Å². The third-order valence-corrected chi connectivity index (χ3v) is 5.47. The molecule has 0 aliphatic heterocycles. The Morgan fingerprint density at radius 1 is 1.08 bits per heavy atom. The van der Waals surface area contributed by atoms with Crippen molar-refractivity contribution >= 4 is 23.6 Å².